The molecule has 1 aromatic heterocycles. The van der Waals surface area contributed by atoms with E-state index in [1.807, 2.05) is 39.0 Å². The number of nitrogens with two attached hydrogens (primary N) is 1. The van der Waals surface area contributed by atoms with Crippen molar-refractivity contribution in [3.8, 4) is 11.1 Å². The first-order chi connectivity index (χ1) is 13.7. The van der Waals surface area contributed by atoms with Gasteiger partial charge in [-0.1, -0.05) is 31.0 Å². The van der Waals surface area contributed by atoms with Crippen LogP contribution in [0.25, 0.3) is 11.1 Å². The Kier molecular flexibility index (Phi) is 6.07. The Labute approximate surface area is 174 Å². The summed E-state index contributed by atoms with van der Waals surface area (Å²) in [5, 5.41) is 12.7. The van der Waals surface area contributed by atoms with E-state index in [4.69, 9.17) is 5.73 Å². The second kappa shape index (κ2) is 8.37. The second-order valence-electron chi connectivity index (χ2n) is 7.73. The number of aliphatic carboxylic acids is 1. The van der Waals surface area contributed by atoms with Crippen molar-refractivity contribution in [1.29, 1.82) is 0 Å². The van der Waals surface area contributed by atoms with Crippen LogP contribution in [0.1, 0.15) is 52.0 Å². The molecule has 0 unspecified atom stereocenters. The number of nitrogens with one attached hydrogen (secondary N) is 1. The number of hydrogen-bond donors (Lipinski definition) is 3. The van der Waals surface area contributed by atoms with Crippen LogP contribution < -0.4 is 11.1 Å². The highest BCUT2D eigenvalue weighted by molar-refractivity contribution is 7.17. The van der Waals surface area contributed by atoms with Gasteiger partial charge in [0.1, 0.15) is 5.00 Å². The molecule has 1 aliphatic rings. The number of hydrogen-bond acceptors (Lipinski definition) is 4. The fourth-order valence-electron chi connectivity index (χ4n) is 4.06. The Morgan fingerprint density at radius 2 is 1.72 bits per heavy atom. The van der Waals surface area contributed by atoms with Gasteiger partial charge in [-0.2, -0.15) is 0 Å². The smallest absolute Gasteiger partial charge is 0.307 e. The lowest BCUT2D eigenvalue weighted by Crippen LogP contribution is -2.36. The summed E-state index contributed by atoms with van der Waals surface area (Å²) in [7, 11) is 0. The molecule has 1 aromatic carbocycles. The summed E-state index contributed by atoms with van der Waals surface area (Å²) in [5.74, 6) is -3.21. The number of primary amides is 1. The van der Waals surface area contributed by atoms with E-state index in [1.54, 1.807) is 0 Å². The predicted molar refractivity (Wildman–Crippen MR) is 114 cm³/mol. The summed E-state index contributed by atoms with van der Waals surface area (Å²) < 4.78 is 0. The Balaban J connectivity index is 1.98. The van der Waals surface area contributed by atoms with Crippen molar-refractivity contribution in [1.82, 2.24) is 0 Å². The van der Waals surface area contributed by atoms with E-state index in [0.29, 0.717) is 17.8 Å². The zero-order valence-electron chi connectivity index (χ0n) is 16.9. The van der Waals surface area contributed by atoms with Gasteiger partial charge in [0.15, 0.2) is 0 Å². The van der Waals surface area contributed by atoms with Gasteiger partial charge in [-0.25, -0.2) is 0 Å². The highest BCUT2D eigenvalue weighted by atomic mass is 32.1. The van der Waals surface area contributed by atoms with E-state index >= 15 is 0 Å². The number of thiophene rings is 1. The molecule has 3 rings (SSSR count). The van der Waals surface area contributed by atoms with Crippen LogP contribution in [0.15, 0.2) is 18.2 Å². The molecule has 2 amide bonds. The van der Waals surface area contributed by atoms with Gasteiger partial charge >= 0.3 is 5.97 Å². The molecule has 0 aliphatic heterocycles. The van der Waals surface area contributed by atoms with Crippen LogP contribution >= 0.6 is 11.3 Å². The van der Waals surface area contributed by atoms with E-state index in [1.165, 1.54) is 11.3 Å². The first kappa shape index (κ1) is 21.0. The minimum atomic E-state index is -0.946. The van der Waals surface area contributed by atoms with Gasteiger partial charge in [0.2, 0.25) is 5.91 Å². The van der Waals surface area contributed by atoms with Crippen molar-refractivity contribution in [3.05, 3.63) is 39.8 Å². The summed E-state index contributed by atoms with van der Waals surface area (Å²) in [4.78, 5) is 37.6. The van der Waals surface area contributed by atoms with Crippen LogP contribution in [0.4, 0.5) is 5.00 Å². The zero-order chi connectivity index (χ0) is 21.3. The van der Waals surface area contributed by atoms with E-state index < -0.39 is 23.7 Å². The van der Waals surface area contributed by atoms with Gasteiger partial charge in [-0.15, -0.1) is 11.3 Å². The van der Waals surface area contributed by atoms with Gasteiger partial charge < -0.3 is 16.2 Å². The van der Waals surface area contributed by atoms with Crippen LogP contribution in [0.3, 0.4) is 0 Å². The molecule has 0 radical (unpaired) electrons. The Bertz CT molecular complexity index is 979. The van der Waals surface area contributed by atoms with Crippen LogP contribution in [0.2, 0.25) is 0 Å². The number of carbonyl (C=O) groups is 3. The number of anilines is 1. The summed E-state index contributed by atoms with van der Waals surface area (Å²) in [6.45, 7) is 5.91. The number of benzene rings is 1. The molecule has 1 heterocycles. The molecule has 7 heteroatoms. The second-order valence-corrected chi connectivity index (χ2v) is 8.95. The summed E-state index contributed by atoms with van der Waals surface area (Å²) in [5.41, 5.74) is 9.81. The first-order valence-corrected chi connectivity index (χ1v) is 10.6. The van der Waals surface area contributed by atoms with Gasteiger partial charge in [-0.3, -0.25) is 14.4 Å². The lowest BCUT2D eigenvalue weighted by molar-refractivity contribution is -0.147. The number of aryl methyl sites for hydroxylation is 3. The normalized spacial score (nSPS) is 19.0. The Morgan fingerprint density at radius 1 is 1.07 bits per heavy atom. The zero-order valence-corrected chi connectivity index (χ0v) is 17.7. The average Bonchev–Trinajstić information content (AvgIpc) is 2.99. The Morgan fingerprint density at radius 3 is 2.31 bits per heavy atom. The van der Waals surface area contributed by atoms with Gasteiger partial charge in [0.05, 0.1) is 17.4 Å². The number of carboxylic acids is 1. The fourth-order valence-corrected chi connectivity index (χ4v) is 5.14. The highest BCUT2D eigenvalue weighted by Gasteiger charge is 2.36. The van der Waals surface area contributed by atoms with Crippen molar-refractivity contribution in [3.63, 3.8) is 0 Å². The Hall–Kier alpha value is -2.67. The van der Waals surface area contributed by atoms with Gasteiger partial charge in [0, 0.05) is 10.4 Å². The monoisotopic (exact) mass is 414 g/mol. The molecule has 1 aliphatic carbocycles. The molecule has 1 saturated carbocycles. The summed E-state index contributed by atoms with van der Waals surface area (Å²) in [6, 6.07) is 5.94. The maximum Gasteiger partial charge on any atom is 0.307 e. The van der Waals surface area contributed by atoms with E-state index in [0.717, 1.165) is 40.0 Å². The fraction of sp³-hybridized carbons (Fsp3) is 0.409. The van der Waals surface area contributed by atoms with Crippen LogP contribution in [0.5, 0.6) is 0 Å². The third-order valence-electron chi connectivity index (χ3n) is 5.78. The molecule has 29 heavy (non-hydrogen) atoms. The molecule has 2 aromatic rings. The molecule has 6 nitrogen and oxygen atoms in total. The predicted octanol–water partition coefficient (Wildman–Crippen LogP) is 4.27. The third kappa shape index (κ3) is 4.19. The number of amides is 2. The topological polar surface area (TPSA) is 109 Å². The third-order valence-corrected chi connectivity index (χ3v) is 6.80. The molecular formula is C22H26N2O4S. The molecule has 0 bridgehead atoms. The number of rotatable bonds is 5. The van der Waals surface area contributed by atoms with Crippen LogP contribution in [-0.2, 0) is 9.59 Å². The van der Waals surface area contributed by atoms with Gasteiger partial charge in [0.25, 0.3) is 5.91 Å². The minimum absolute atomic E-state index is 0.284. The largest absolute Gasteiger partial charge is 0.481 e. The van der Waals surface area contributed by atoms with Crippen LogP contribution in [-0.4, -0.2) is 22.9 Å². The molecule has 4 N–H and O–H groups in total. The van der Waals surface area contributed by atoms with E-state index in [2.05, 4.69) is 5.32 Å². The van der Waals surface area contributed by atoms with Crippen molar-refractivity contribution in [2.75, 3.05) is 5.32 Å². The molecular weight excluding hydrogens is 388 g/mol. The number of carbonyl (C=O) groups excluding carboxylic acids is 2. The molecule has 154 valence electrons. The maximum atomic E-state index is 12.9. The lowest BCUT2D eigenvalue weighted by Gasteiger charge is -2.27. The highest BCUT2D eigenvalue weighted by Crippen LogP contribution is 2.41. The summed E-state index contributed by atoms with van der Waals surface area (Å²) in [6.07, 6.45) is 2.65. The minimum Gasteiger partial charge on any atom is -0.481 e. The molecule has 0 spiro atoms. The average molecular weight is 415 g/mol. The molecule has 2 atom stereocenters. The quantitative estimate of drug-likeness (QED) is 0.679. The SMILES string of the molecule is Cc1ccc(-c2c(C)sc(NC(=O)[C@@H]3CCCC[C@H]3C(=O)O)c2C(N)=O)cc1C. The van der Waals surface area contributed by atoms with Crippen molar-refractivity contribution < 1.29 is 19.5 Å². The molecule has 0 saturated heterocycles. The van der Waals surface area contributed by atoms with E-state index in [-0.39, 0.29) is 11.5 Å². The lowest BCUT2D eigenvalue weighted by atomic mass is 9.78. The standard InChI is InChI=1S/C22H26N2O4S/c1-11-8-9-14(10-12(11)2)17-13(3)29-21(18(17)19(23)25)24-20(26)15-6-4-5-7-16(15)22(27)28/h8-10,15-16H,4-7H2,1-3H3,(H2,23,25)(H,24,26)(H,27,28)/t15-,16-/m1/s1. The first-order valence-electron chi connectivity index (χ1n) is 9.75. The maximum absolute atomic E-state index is 12.9. The van der Waals surface area contributed by atoms with Crippen molar-refractivity contribution >= 4 is 34.1 Å². The van der Waals surface area contributed by atoms with Crippen molar-refractivity contribution in [2.24, 2.45) is 17.6 Å². The van der Waals surface area contributed by atoms with Gasteiger partial charge in [-0.05, 0) is 50.3 Å². The molecule has 1 fully saturated rings. The van der Waals surface area contributed by atoms with Crippen LogP contribution in [0, 0.1) is 32.6 Å². The van der Waals surface area contributed by atoms with Crippen molar-refractivity contribution in [2.45, 2.75) is 46.5 Å². The van der Waals surface area contributed by atoms with E-state index in [9.17, 15) is 19.5 Å². The summed E-state index contributed by atoms with van der Waals surface area (Å²) >= 11 is 1.30. The number of carboxylic acid groups (broad SMARTS) is 1.